The van der Waals surface area contributed by atoms with Crippen molar-refractivity contribution in [3.8, 4) is 0 Å². The Kier molecular flexibility index (Phi) is 5.20. The molecule has 1 aliphatic heterocycles. The Morgan fingerprint density at radius 3 is 2.76 bits per heavy atom. The molecule has 0 aliphatic carbocycles. The fourth-order valence-corrected chi connectivity index (χ4v) is 2.64. The Hall–Kier alpha value is -1.59. The lowest BCUT2D eigenvalue weighted by atomic mass is 10.1. The molecule has 2 atom stereocenters. The van der Waals surface area contributed by atoms with E-state index in [1.807, 2.05) is 6.92 Å². The quantitative estimate of drug-likeness (QED) is 0.874. The molecule has 1 heterocycles. The Morgan fingerprint density at radius 2 is 2.19 bits per heavy atom. The largest absolute Gasteiger partial charge is 0.478 e. The number of hydrogen-bond donors (Lipinski definition) is 2. The van der Waals surface area contributed by atoms with E-state index >= 15 is 0 Å². The second-order valence-corrected chi connectivity index (χ2v) is 5.64. The van der Waals surface area contributed by atoms with Crippen LogP contribution in [0.1, 0.15) is 43.0 Å². The molecular formula is C15H18ClNO4. The maximum atomic E-state index is 11.9. The third kappa shape index (κ3) is 4.44. The molecule has 1 aliphatic rings. The average Bonchev–Trinajstić information content (AvgIpc) is 2.82. The van der Waals surface area contributed by atoms with E-state index in [1.165, 1.54) is 18.2 Å². The maximum absolute atomic E-state index is 11.9. The van der Waals surface area contributed by atoms with Crippen LogP contribution in [0.25, 0.3) is 0 Å². The van der Waals surface area contributed by atoms with Gasteiger partial charge in [-0.3, -0.25) is 4.79 Å². The van der Waals surface area contributed by atoms with Crippen molar-refractivity contribution in [2.75, 3.05) is 5.32 Å². The van der Waals surface area contributed by atoms with Crippen molar-refractivity contribution in [1.82, 2.24) is 0 Å². The van der Waals surface area contributed by atoms with E-state index in [0.717, 1.165) is 12.8 Å². The lowest BCUT2D eigenvalue weighted by Crippen LogP contribution is -2.16. The number of hydrogen-bond acceptors (Lipinski definition) is 3. The molecule has 21 heavy (non-hydrogen) atoms. The van der Waals surface area contributed by atoms with Gasteiger partial charge >= 0.3 is 5.97 Å². The van der Waals surface area contributed by atoms with Crippen LogP contribution in [0.5, 0.6) is 0 Å². The zero-order valence-corrected chi connectivity index (χ0v) is 12.5. The molecule has 0 saturated carbocycles. The van der Waals surface area contributed by atoms with Gasteiger partial charge in [0.25, 0.3) is 0 Å². The van der Waals surface area contributed by atoms with E-state index in [-0.39, 0.29) is 28.7 Å². The highest BCUT2D eigenvalue weighted by atomic mass is 35.5. The zero-order valence-electron chi connectivity index (χ0n) is 11.8. The fourth-order valence-electron chi connectivity index (χ4n) is 2.38. The molecule has 1 aromatic rings. The van der Waals surface area contributed by atoms with Crippen molar-refractivity contribution < 1.29 is 19.4 Å². The summed E-state index contributed by atoms with van der Waals surface area (Å²) in [6.45, 7) is 2.03. The highest BCUT2D eigenvalue weighted by Gasteiger charge is 2.22. The molecule has 0 spiro atoms. The second-order valence-electron chi connectivity index (χ2n) is 5.23. The summed E-state index contributed by atoms with van der Waals surface area (Å²) in [7, 11) is 0. The van der Waals surface area contributed by atoms with Crippen LogP contribution in [0.2, 0.25) is 5.02 Å². The molecular weight excluding hydrogens is 294 g/mol. The summed E-state index contributed by atoms with van der Waals surface area (Å²) in [4.78, 5) is 22.7. The molecule has 0 bridgehead atoms. The van der Waals surface area contributed by atoms with E-state index in [4.69, 9.17) is 21.4 Å². The molecule has 0 radical (unpaired) electrons. The summed E-state index contributed by atoms with van der Waals surface area (Å²) >= 11 is 5.85. The highest BCUT2D eigenvalue weighted by molar-refractivity contribution is 6.33. The van der Waals surface area contributed by atoms with Crippen molar-refractivity contribution >= 4 is 29.2 Å². The first-order chi connectivity index (χ1) is 9.95. The van der Waals surface area contributed by atoms with E-state index in [9.17, 15) is 9.59 Å². The number of anilines is 1. The van der Waals surface area contributed by atoms with Crippen LogP contribution >= 0.6 is 11.6 Å². The predicted molar refractivity (Wildman–Crippen MR) is 79.8 cm³/mol. The van der Waals surface area contributed by atoms with Crippen LogP contribution in [0, 0.1) is 0 Å². The van der Waals surface area contributed by atoms with Gasteiger partial charge in [0.2, 0.25) is 5.91 Å². The van der Waals surface area contributed by atoms with Gasteiger partial charge in [-0.25, -0.2) is 4.79 Å². The number of rotatable bonds is 5. The number of nitrogens with one attached hydrogen (secondary N) is 1. The SMILES string of the molecule is CC1CCC(CCC(=O)Nc2ccc(C(=O)O)c(Cl)c2)O1. The van der Waals surface area contributed by atoms with E-state index < -0.39 is 5.97 Å². The Morgan fingerprint density at radius 1 is 1.43 bits per heavy atom. The number of carbonyl (C=O) groups excluding carboxylic acids is 1. The number of amides is 1. The van der Waals surface area contributed by atoms with Crippen LogP contribution < -0.4 is 5.32 Å². The first-order valence-electron chi connectivity index (χ1n) is 6.94. The van der Waals surface area contributed by atoms with Crippen molar-refractivity contribution in [2.45, 2.75) is 44.8 Å². The molecule has 0 aromatic heterocycles. The van der Waals surface area contributed by atoms with Crippen LogP contribution in [0.3, 0.4) is 0 Å². The second kappa shape index (κ2) is 6.91. The van der Waals surface area contributed by atoms with Gasteiger partial charge in [-0.2, -0.15) is 0 Å². The number of carbonyl (C=O) groups is 2. The molecule has 114 valence electrons. The van der Waals surface area contributed by atoms with Crippen molar-refractivity contribution in [3.05, 3.63) is 28.8 Å². The molecule has 2 unspecified atom stereocenters. The molecule has 5 nitrogen and oxygen atoms in total. The summed E-state index contributed by atoms with van der Waals surface area (Å²) in [6.07, 6.45) is 3.53. The van der Waals surface area contributed by atoms with Gasteiger partial charge in [0.05, 0.1) is 22.8 Å². The molecule has 1 aromatic carbocycles. The zero-order chi connectivity index (χ0) is 15.4. The van der Waals surface area contributed by atoms with Crippen LogP contribution in [0.15, 0.2) is 18.2 Å². The number of ether oxygens (including phenoxy) is 1. The highest BCUT2D eigenvalue weighted by Crippen LogP contribution is 2.24. The van der Waals surface area contributed by atoms with Gasteiger partial charge in [0.15, 0.2) is 0 Å². The monoisotopic (exact) mass is 311 g/mol. The molecule has 2 rings (SSSR count). The number of benzene rings is 1. The lowest BCUT2D eigenvalue weighted by Gasteiger charge is -2.11. The van der Waals surface area contributed by atoms with E-state index in [0.29, 0.717) is 18.5 Å². The fraction of sp³-hybridized carbons (Fsp3) is 0.467. The van der Waals surface area contributed by atoms with Crippen molar-refractivity contribution in [3.63, 3.8) is 0 Å². The van der Waals surface area contributed by atoms with Crippen LogP contribution in [-0.4, -0.2) is 29.2 Å². The lowest BCUT2D eigenvalue weighted by molar-refractivity contribution is -0.116. The topological polar surface area (TPSA) is 75.6 Å². The summed E-state index contributed by atoms with van der Waals surface area (Å²) in [5.41, 5.74) is 0.513. The van der Waals surface area contributed by atoms with E-state index in [1.54, 1.807) is 0 Å². The molecule has 6 heteroatoms. The van der Waals surface area contributed by atoms with Crippen LogP contribution in [-0.2, 0) is 9.53 Å². The normalized spacial score (nSPS) is 21.2. The minimum Gasteiger partial charge on any atom is -0.478 e. The van der Waals surface area contributed by atoms with Crippen molar-refractivity contribution in [2.24, 2.45) is 0 Å². The van der Waals surface area contributed by atoms with Gasteiger partial charge in [0.1, 0.15) is 0 Å². The number of aromatic carboxylic acids is 1. The van der Waals surface area contributed by atoms with Gasteiger partial charge < -0.3 is 15.2 Å². The minimum atomic E-state index is -1.09. The number of carboxylic acids is 1. The van der Waals surface area contributed by atoms with Gasteiger partial charge in [-0.05, 0) is 44.4 Å². The maximum Gasteiger partial charge on any atom is 0.337 e. The summed E-state index contributed by atoms with van der Waals surface area (Å²) < 4.78 is 5.66. The molecule has 2 N–H and O–H groups in total. The van der Waals surface area contributed by atoms with Crippen molar-refractivity contribution in [1.29, 1.82) is 0 Å². The summed E-state index contributed by atoms with van der Waals surface area (Å²) in [6, 6.07) is 4.35. The van der Waals surface area contributed by atoms with Gasteiger partial charge in [-0.15, -0.1) is 0 Å². The Bertz CT molecular complexity index is 546. The average molecular weight is 312 g/mol. The Labute approximate surface area is 128 Å². The predicted octanol–water partition coefficient (Wildman–Crippen LogP) is 3.32. The Balaban J connectivity index is 1.85. The first-order valence-corrected chi connectivity index (χ1v) is 7.31. The third-order valence-electron chi connectivity index (χ3n) is 3.50. The van der Waals surface area contributed by atoms with Crippen LogP contribution in [0.4, 0.5) is 5.69 Å². The standard InChI is InChI=1S/C15H18ClNO4/c1-9-2-4-11(21-9)5-7-14(18)17-10-3-6-12(15(19)20)13(16)8-10/h3,6,8-9,11H,2,4-5,7H2,1H3,(H,17,18)(H,19,20). The summed E-state index contributed by atoms with van der Waals surface area (Å²) in [5, 5.41) is 11.7. The third-order valence-corrected chi connectivity index (χ3v) is 3.81. The molecule has 1 amide bonds. The first kappa shape index (κ1) is 15.8. The smallest absolute Gasteiger partial charge is 0.337 e. The molecule has 1 saturated heterocycles. The molecule has 1 fully saturated rings. The number of carboxylic acid groups (broad SMARTS) is 1. The minimum absolute atomic E-state index is 0.0167. The summed E-state index contributed by atoms with van der Waals surface area (Å²) in [5.74, 6) is -1.22. The van der Waals surface area contributed by atoms with E-state index in [2.05, 4.69) is 5.32 Å². The van der Waals surface area contributed by atoms with Gasteiger partial charge in [0, 0.05) is 12.1 Å². The van der Waals surface area contributed by atoms with Gasteiger partial charge in [-0.1, -0.05) is 11.6 Å². The number of halogens is 1.